The van der Waals surface area contributed by atoms with Crippen molar-refractivity contribution in [2.24, 2.45) is 0 Å². The lowest BCUT2D eigenvalue weighted by molar-refractivity contribution is -0.137. The van der Waals surface area contributed by atoms with Crippen LogP contribution in [0.3, 0.4) is 0 Å². The lowest BCUT2D eigenvalue weighted by Gasteiger charge is -2.06. The summed E-state index contributed by atoms with van der Waals surface area (Å²) in [5.74, 6) is 0.802. The monoisotopic (exact) mass is 376 g/mol. The normalized spacial score (nSPS) is 12.0. The lowest BCUT2D eigenvalue weighted by Crippen LogP contribution is -2.04. The highest BCUT2D eigenvalue weighted by atomic mass is 32.2. The van der Waals surface area contributed by atoms with E-state index in [-0.39, 0.29) is 0 Å². The van der Waals surface area contributed by atoms with Crippen LogP contribution < -0.4 is 0 Å². The molecule has 0 amide bonds. The van der Waals surface area contributed by atoms with Gasteiger partial charge in [0.15, 0.2) is 0 Å². The molecule has 0 saturated heterocycles. The second-order valence-corrected chi connectivity index (χ2v) is 6.39. The van der Waals surface area contributed by atoms with Crippen molar-refractivity contribution in [3.05, 3.63) is 66.1 Å². The van der Waals surface area contributed by atoms with Crippen LogP contribution in [0, 0.1) is 0 Å². The predicted molar refractivity (Wildman–Crippen MR) is 89.5 cm³/mol. The molecular formula is C17H11F3N4OS. The standard InChI is InChI=1S/C17H11F3N4OS/c18-17(19,20)13-4-1-11(2-5-13)10-26-16-23-22-15(25-16)12-3-6-14-21-7-8-24(14)9-12/h1-9H,10H2. The topological polar surface area (TPSA) is 56.2 Å². The van der Waals surface area contributed by atoms with E-state index in [1.807, 2.05) is 28.9 Å². The number of benzene rings is 1. The van der Waals surface area contributed by atoms with E-state index in [0.29, 0.717) is 16.9 Å². The molecule has 4 aromatic rings. The molecule has 0 radical (unpaired) electrons. The Morgan fingerprint density at radius 3 is 2.62 bits per heavy atom. The highest BCUT2D eigenvalue weighted by molar-refractivity contribution is 7.98. The van der Waals surface area contributed by atoms with Crippen molar-refractivity contribution < 1.29 is 17.6 Å². The van der Waals surface area contributed by atoms with Crippen molar-refractivity contribution in [3.63, 3.8) is 0 Å². The Bertz CT molecular complexity index is 1040. The molecule has 9 heteroatoms. The molecule has 0 fully saturated rings. The van der Waals surface area contributed by atoms with Crippen LogP contribution in [0.4, 0.5) is 13.2 Å². The van der Waals surface area contributed by atoms with Gasteiger partial charge in [-0.15, -0.1) is 10.2 Å². The zero-order valence-electron chi connectivity index (χ0n) is 13.1. The van der Waals surface area contributed by atoms with Crippen LogP contribution in [0.2, 0.25) is 0 Å². The van der Waals surface area contributed by atoms with E-state index in [1.54, 1.807) is 6.20 Å². The Labute approximate surface area is 149 Å². The fraction of sp³-hybridized carbons (Fsp3) is 0.118. The summed E-state index contributed by atoms with van der Waals surface area (Å²) >= 11 is 1.27. The first-order valence-corrected chi connectivity index (χ1v) is 8.53. The number of alkyl halides is 3. The highest BCUT2D eigenvalue weighted by Gasteiger charge is 2.29. The Morgan fingerprint density at radius 2 is 1.85 bits per heavy atom. The van der Waals surface area contributed by atoms with Crippen molar-refractivity contribution in [2.45, 2.75) is 17.2 Å². The quantitative estimate of drug-likeness (QED) is 0.484. The molecule has 0 unspecified atom stereocenters. The Morgan fingerprint density at radius 1 is 1.04 bits per heavy atom. The van der Waals surface area contributed by atoms with E-state index in [4.69, 9.17) is 4.42 Å². The summed E-state index contributed by atoms with van der Waals surface area (Å²) in [6, 6.07) is 8.69. The average molecular weight is 376 g/mol. The minimum atomic E-state index is -4.33. The molecule has 0 atom stereocenters. The molecule has 4 rings (SSSR count). The van der Waals surface area contributed by atoms with Gasteiger partial charge in [0.1, 0.15) is 5.65 Å². The molecule has 3 aromatic heterocycles. The van der Waals surface area contributed by atoms with Crippen LogP contribution in [0.1, 0.15) is 11.1 Å². The zero-order valence-corrected chi connectivity index (χ0v) is 14.0. The minimum Gasteiger partial charge on any atom is -0.411 e. The molecule has 0 saturated carbocycles. The predicted octanol–water partition coefficient (Wildman–Crippen LogP) is 4.70. The number of fused-ring (bicyclic) bond motifs is 1. The fourth-order valence-corrected chi connectivity index (χ4v) is 3.09. The molecule has 0 N–H and O–H groups in total. The maximum atomic E-state index is 12.6. The van der Waals surface area contributed by atoms with Gasteiger partial charge in [0.25, 0.3) is 5.22 Å². The zero-order chi connectivity index (χ0) is 18.1. The number of pyridine rings is 1. The largest absolute Gasteiger partial charge is 0.416 e. The molecule has 5 nitrogen and oxygen atoms in total. The van der Waals surface area contributed by atoms with Crippen LogP contribution >= 0.6 is 11.8 Å². The van der Waals surface area contributed by atoms with E-state index in [0.717, 1.165) is 28.9 Å². The smallest absolute Gasteiger partial charge is 0.411 e. The van der Waals surface area contributed by atoms with Crippen molar-refractivity contribution in [2.75, 3.05) is 0 Å². The first kappa shape index (κ1) is 16.6. The van der Waals surface area contributed by atoms with E-state index in [1.165, 1.54) is 23.9 Å². The Balaban J connectivity index is 1.45. The molecule has 0 spiro atoms. The number of hydrogen-bond donors (Lipinski definition) is 0. The summed E-state index contributed by atoms with van der Waals surface area (Å²) in [5, 5.41) is 8.34. The van der Waals surface area contributed by atoms with Gasteiger partial charge < -0.3 is 8.82 Å². The van der Waals surface area contributed by atoms with Crippen LogP contribution in [0.15, 0.2) is 64.6 Å². The summed E-state index contributed by atoms with van der Waals surface area (Å²) in [5.41, 5.74) is 1.64. The van der Waals surface area contributed by atoms with Crippen LogP contribution in [-0.2, 0) is 11.9 Å². The van der Waals surface area contributed by atoms with E-state index >= 15 is 0 Å². The van der Waals surface area contributed by atoms with Gasteiger partial charge in [-0.05, 0) is 29.8 Å². The fourth-order valence-electron chi connectivity index (χ4n) is 2.37. The summed E-state index contributed by atoms with van der Waals surface area (Å²) in [6.45, 7) is 0. The maximum absolute atomic E-state index is 12.6. The van der Waals surface area contributed by atoms with Gasteiger partial charge in [0.2, 0.25) is 5.89 Å². The van der Waals surface area contributed by atoms with Crippen molar-refractivity contribution >= 4 is 17.4 Å². The molecule has 1 aromatic carbocycles. The van der Waals surface area contributed by atoms with Gasteiger partial charge in [-0.1, -0.05) is 23.9 Å². The number of imidazole rings is 1. The molecule has 132 valence electrons. The molecule has 0 aliphatic carbocycles. The van der Waals surface area contributed by atoms with Gasteiger partial charge >= 0.3 is 6.18 Å². The average Bonchev–Trinajstić information content (AvgIpc) is 3.28. The van der Waals surface area contributed by atoms with E-state index < -0.39 is 11.7 Å². The molecule has 3 heterocycles. The second kappa shape index (κ2) is 6.49. The van der Waals surface area contributed by atoms with E-state index in [2.05, 4.69) is 15.2 Å². The second-order valence-electron chi connectivity index (χ2n) is 5.47. The maximum Gasteiger partial charge on any atom is 0.416 e. The number of nitrogens with zero attached hydrogens (tertiary/aromatic N) is 4. The number of thioether (sulfide) groups is 1. The summed E-state index contributed by atoms with van der Waals surface area (Å²) in [7, 11) is 0. The molecule has 0 aliphatic rings. The van der Waals surface area contributed by atoms with Gasteiger partial charge in [-0.3, -0.25) is 0 Å². The third-order valence-electron chi connectivity index (χ3n) is 3.69. The molecule has 0 bridgehead atoms. The highest BCUT2D eigenvalue weighted by Crippen LogP contribution is 2.30. The molecule has 26 heavy (non-hydrogen) atoms. The lowest BCUT2D eigenvalue weighted by atomic mass is 10.1. The number of rotatable bonds is 4. The van der Waals surface area contributed by atoms with E-state index in [9.17, 15) is 13.2 Å². The van der Waals surface area contributed by atoms with Gasteiger partial charge in [-0.25, -0.2) is 4.98 Å². The van der Waals surface area contributed by atoms with Crippen LogP contribution in [0.5, 0.6) is 0 Å². The van der Waals surface area contributed by atoms with Crippen molar-refractivity contribution in [3.8, 4) is 11.5 Å². The third-order valence-corrected chi connectivity index (χ3v) is 4.58. The SMILES string of the molecule is FC(F)(F)c1ccc(CSc2nnc(-c3ccc4nccn4c3)o2)cc1. The van der Waals surface area contributed by atoms with Gasteiger partial charge in [-0.2, -0.15) is 13.2 Å². The van der Waals surface area contributed by atoms with Crippen LogP contribution in [0.25, 0.3) is 17.1 Å². The first-order chi connectivity index (χ1) is 12.5. The Hall–Kier alpha value is -2.81. The summed E-state index contributed by atoms with van der Waals surface area (Å²) < 4.78 is 45.2. The van der Waals surface area contributed by atoms with Gasteiger partial charge in [0.05, 0.1) is 11.1 Å². The molecule has 0 aliphatic heterocycles. The summed E-state index contributed by atoms with van der Waals surface area (Å²) in [4.78, 5) is 4.16. The number of halogens is 3. The van der Waals surface area contributed by atoms with Gasteiger partial charge in [0, 0.05) is 24.3 Å². The number of aromatic nitrogens is 4. The summed E-state index contributed by atoms with van der Waals surface area (Å²) in [6.07, 6.45) is 1.01. The third kappa shape index (κ3) is 3.43. The van der Waals surface area contributed by atoms with Crippen molar-refractivity contribution in [1.82, 2.24) is 19.6 Å². The van der Waals surface area contributed by atoms with Crippen molar-refractivity contribution in [1.29, 1.82) is 0 Å². The van der Waals surface area contributed by atoms with Crippen LogP contribution in [-0.4, -0.2) is 19.6 Å². The molecular weight excluding hydrogens is 365 g/mol. The minimum absolute atomic E-state index is 0.352. The Kier molecular flexibility index (Phi) is 4.15. The number of hydrogen-bond acceptors (Lipinski definition) is 5. The first-order valence-electron chi connectivity index (χ1n) is 7.54.